The molecule has 110 valence electrons. The van der Waals surface area contributed by atoms with Crippen molar-refractivity contribution in [1.29, 1.82) is 0 Å². The molecule has 1 aliphatic carbocycles. The van der Waals surface area contributed by atoms with E-state index in [9.17, 15) is 4.79 Å². The Balaban J connectivity index is 1.74. The van der Waals surface area contributed by atoms with Gasteiger partial charge in [0.25, 0.3) is 0 Å². The Kier molecular flexibility index (Phi) is 4.22. The van der Waals surface area contributed by atoms with Crippen molar-refractivity contribution in [3.8, 4) is 0 Å². The van der Waals surface area contributed by atoms with E-state index in [-0.39, 0.29) is 17.7 Å². The number of alkyl halides is 2. The summed E-state index contributed by atoms with van der Waals surface area (Å²) in [6, 6.07) is 11.6. The Morgan fingerprint density at radius 2 is 2.10 bits per heavy atom. The van der Waals surface area contributed by atoms with Gasteiger partial charge in [0, 0.05) is 5.92 Å². The topological polar surface area (TPSA) is 42.2 Å². The van der Waals surface area contributed by atoms with Gasteiger partial charge in [-0.2, -0.15) is 0 Å². The number of benzene rings is 1. The number of hydrogen-bond acceptors (Lipinski definition) is 2. The highest BCUT2D eigenvalue weighted by atomic mass is 35.5. The van der Waals surface area contributed by atoms with Gasteiger partial charge in [-0.25, -0.2) is 0 Å². The highest BCUT2D eigenvalue weighted by Gasteiger charge is 2.40. The van der Waals surface area contributed by atoms with Gasteiger partial charge in [-0.3, -0.25) is 4.79 Å². The summed E-state index contributed by atoms with van der Waals surface area (Å²) in [6.07, 6.45) is 2.25. The first kappa shape index (κ1) is 14.5. The molecule has 1 aromatic heterocycles. The molecule has 0 saturated heterocycles. The minimum Gasteiger partial charge on any atom is -0.467 e. The van der Waals surface area contributed by atoms with Crippen LogP contribution in [0, 0.1) is 5.92 Å². The minimum atomic E-state index is -0.604. The lowest BCUT2D eigenvalue weighted by Gasteiger charge is -2.20. The van der Waals surface area contributed by atoms with Crippen LogP contribution in [0.2, 0.25) is 0 Å². The SMILES string of the molecule is O=C(NCc1ccco1)C1Cc2ccccc2C1C(Cl)Cl. The molecule has 2 unspecified atom stereocenters. The van der Waals surface area contributed by atoms with Crippen molar-refractivity contribution in [2.24, 2.45) is 5.92 Å². The van der Waals surface area contributed by atoms with Gasteiger partial charge in [-0.15, -0.1) is 23.2 Å². The van der Waals surface area contributed by atoms with Crippen molar-refractivity contribution in [2.75, 3.05) is 0 Å². The maximum Gasteiger partial charge on any atom is 0.224 e. The second-order valence-corrected chi connectivity index (χ2v) is 6.33. The Morgan fingerprint density at radius 1 is 1.29 bits per heavy atom. The molecule has 2 atom stereocenters. The Labute approximate surface area is 133 Å². The second-order valence-electron chi connectivity index (χ2n) is 5.17. The van der Waals surface area contributed by atoms with Crippen molar-refractivity contribution in [3.05, 3.63) is 59.5 Å². The third-order valence-corrected chi connectivity index (χ3v) is 4.46. The molecule has 0 fully saturated rings. The molecule has 2 aromatic rings. The second kappa shape index (κ2) is 6.12. The van der Waals surface area contributed by atoms with E-state index in [0.717, 1.165) is 16.9 Å². The van der Waals surface area contributed by atoms with E-state index in [0.29, 0.717) is 13.0 Å². The van der Waals surface area contributed by atoms with E-state index in [1.54, 1.807) is 12.3 Å². The molecule has 0 saturated carbocycles. The summed E-state index contributed by atoms with van der Waals surface area (Å²) in [5, 5.41) is 2.90. The first-order valence-electron chi connectivity index (χ1n) is 6.83. The summed E-state index contributed by atoms with van der Waals surface area (Å²) in [5.74, 6) is 0.279. The van der Waals surface area contributed by atoms with E-state index in [1.165, 1.54) is 0 Å². The van der Waals surface area contributed by atoms with Gasteiger partial charge >= 0.3 is 0 Å². The van der Waals surface area contributed by atoms with Gasteiger partial charge in [0.05, 0.1) is 18.7 Å². The maximum absolute atomic E-state index is 12.5. The molecule has 5 heteroatoms. The van der Waals surface area contributed by atoms with Crippen LogP contribution < -0.4 is 5.32 Å². The van der Waals surface area contributed by atoms with E-state index in [2.05, 4.69) is 5.32 Å². The van der Waals surface area contributed by atoms with Crippen LogP contribution in [0.1, 0.15) is 22.8 Å². The average molecular weight is 324 g/mol. The third kappa shape index (κ3) is 2.94. The van der Waals surface area contributed by atoms with Gasteiger partial charge in [-0.1, -0.05) is 24.3 Å². The van der Waals surface area contributed by atoms with Crippen LogP contribution in [-0.4, -0.2) is 10.7 Å². The average Bonchev–Trinajstić information content (AvgIpc) is 3.11. The molecule has 0 bridgehead atoms. The molecule has 1 aliphatic rings. The fourth-order valence-electron chi connectivity index (χ4n) is 2.91. The molecule has 0 radical (unpaired) electrons. The Hall–Kier alpha value is -1.45. The quantitative estimate of drug-likeness (QED) is 0.872. The number of hydrogen-bond donors (Lipinski definition) is 1. The molecule has 3 nitrogen and oxygen atoms in total. The molecule has 1 N–H and O–H groups in total. The zero-order valence-corrected chi connectivity index (χ0v) is 12.8. The fraction of sp³-hybridized carbons (Fsp3) is 0.312. The highest BCUT2D eigenvalue weighted by Crippen LogP contribution is 2.43. The van der Waals surface area contributed by atoms with Crippen LogP contribution in [0.5, 0.6) is 0 Å². The summed E-state index contributed by atoms with van der Waals surface area (Å²) in [6.45, 7) is 0.376. The summed E-state index contributed by atoms with van der Waals surface area (Å²) in [5.41, 5.74) is 2.22. The predicted molar refractivity (Wildman–Crippen MR) is 82.4 cm³/mol. The zero-order valence-electron chi connectivity index (χ0n) is 11.3. The van der Waals surface area contributed by atoms with Crippen LogP contribution in [0.3, 0.4) is 0 Å². The highest BCUT2D eigenvalue weighted by molar-refractivity contribution is 6.45. The van der Waals surface area contributed by atoms with Crippen LogP contribution in [0.15, 0.2) is 47.1 Å². The lowest BCUT2D eigenvalue weighted by atomic mass is 9.93. The van der Waals surface area contributed by atoms with E-state index < -0.39 is 4.84 Å². The third-order valence-electron chi connectivity index (χ3n) is 3.91. The normalized spacial score (nSPS) is 20.5. The molecule has 1 amide bonds. The molecule has 0 spiro atoms. The summed E-state index contributed by atoms with van der Waals surface area (Å²) < 4.78 is 5.22. The number of carbonyl (C=O) groups excluding carboxylic acids is 1. The maximum atomic E-state index is 12.5. The van der Waals surface area contributed by atoms with Crippen LogP contribution in [-0.2, 0) is 17.8 Å². The first-order chi connectivity index (χ1) is 10.2. The summed E-state index contributed by atoms with van der Waals surface area (Å²) in [7, 11) is 0. The lowest BCUT2D eigenvalue weighted by Crippen LogP contribution is -2.34. The zero-order chi connectivity index (χ0) is 14.8. The predicted octanol–water partition coefficient (Wildman–Crippen LogP) is 3.66. The lowest BCUT2D eigenvalue weighted by molar-refractivity contribution is -0.125. The minimum absolute atomic E-state index is 0.0427. The number of nitrogens with one attached hydrogen (secondary N) is 1. The van der Waals surface area contributed by atoms with Crippen LogP contribution in [0.4, 0.5) is 0 Å². The first-order valence-corrected chi connectivity index (χ1v) is 7.70. The van der Waals surface area contributed by atoms with Crippen LogP contribution >= 0.6 is 23.2 Å². The van der Waals surface area contributed by atoms with Gasteiger partial charge in [-0.05, 0) is 29.7 Å². The molecule has 3 rings (SSSR count). The number of amides is 1. The fourth-order valence-corrected chi connectivity index (χ4v) is 3.53. The van der Waals surface area contributed by atoms with Gasteiger partial charge in [0.1, 0.15) is 10.6 Å². The number of furan rings is 1. The van der Waals surface area contributed by atoms with E-state index >= 15 is 0 Å². The van der Waals surface area contributed by atoms with Gasteiger partial charge in [0.15, 0.2) is 0 Å². The number of rotatable bonds is 4. The van der Waals surface area contributed by atoms with E-state index in [4.69, 9.17) is 27.6 Å². The Morgan fingerprint density at radius 3 is 2.81 bits per heavy atom. The molecule has 1 aromatic carbocycles. The van der Waals surface area contributed by atoms with Crippen LogP contribution in [0.25, 0.3) is 0 Å². The largest absolute Gasteiger partial charge is 0.467 e. The number of fused-ring (bicyclic) bond motifs is 1. The standard InChI is InChI=1S/C16H15Cl2NO2/c17-15(18)14-12-6-2-1-4-10(12)8-13(14)16(20)19-9-11-5-3-7-21-11/h1-7,13-15H,8-9H2,(H,19,20). The van der Waals surface area contributed by atoms with Gasteiger partial charge in [0.2, 0.25) is 5.91 Å². The molecular formula is C16H15Cl2NO2. The molecule has 21 heavy (non-hydrogen) atoms. The number of carbonyl (C=O) groups is 1. The van der Waals surface area contributed by atoms with Crippen molar-refractivity contribution in [1.82, 2.24) is 5.32 Å². The molecular weight excluding hydrogens is 309 g/mol. The van der Waals surface area contributed by atoms with E-state index in [1.807, 2.05) is 30.3 Å². The monoisotopic (exact) mass is 323 g/mol. The Bertz CT molecular complexity index is 625. The van der Waals surface area contributed by atoms with Crippen molar-refractivity contribution in [2.45, 2.75) is 23.7 Å². The number of halogens is 2. The molecule has 1 heterocycles. The smallest absolute Gasteiger partial charge is 0.224 e. The summed E-state index contributed by atoms with van der Waals surface area (Å²) >= 11 is 12.2. The van der Waals surface area contributed by atoms with Gasteiger partial charge < -0.3 is 9.73 Å². The molecule has 0 aliphatic heterocycles. The summed E-state index contributed by atoms with van der Waals surface area (Å²) in [4.78, 5) is 11.9. The van der Waals surface area contributed by atoms with Crippen molar-refractivity contribution in [3.63, 3.8) is 0 Å². The van der Waals surface area contributed by atoms with Crippen molar-refractivity contribution >= 4 is 29.1 Å². The van der Waals surface area contributed by atoms with Crippen molar-refractivity contribution < 1.29 is 9.21 Å².